The standard InChI is InChI=1S/C27H37N7O7S/c28-19(12-15-3-7-17(35)8-4-15)23(37)32-20(2-1-11-31-27(29)30)24(38)33-21(13-16-5-9-18(36)10-6-16)25(39)34-22(14-42)26(40)41/h3-10,19-22,35-36,42H,1-2,11-14,28H2,(H,32,37)(H,33,38)(H,34,39)(H,40,41)(H4,29,30,31). The molecule has 0 fully saturated rings. The highest BCUT2D eigenvalue weighted by molar-refractivity contribution is 7.80. The summed E-state index contributed by atoms with van der Waals surface area (Å²) in [5, 5.41) is 36.0. The summed E-state index contributed by atoms with van der Waals surface area (Å²) in [6, 6.07) is 7.32. The number of carbonyl (C=O) groups excluding carboxylic acids is 3. The molecule has 0 radical (unpaired) electrons. The van der Waals surface area contributed by atoms with Gasteiger partial charge in [-0.3, -0.25) is 19.4 Å². The maximum Gasteiger partial charge on any atom is 0.327 e. The average molecular weight is 604 g/mol. The summed E-state index contributed by atoms with van der Waals surface area (Å²) < 4.78 is 0. The molecular formula is C27H37N7O7S. The SMILES string of the molecule is NC(N)=NCCCC(NC(=O)C(N)Cc1ccc(O)cc1)C(=O)NC(Cc1ccc(O)cc1)C(=O)NC(CS)C(=O)O. The first kappa shape index (κ1) is 33.7. The number of amides is 3. The molecule has 15 heteroatoms. The lowest BCUT2D eigenvalue weighted by Crippen LogP contribution is -2.58. The Labute approximate surface area is 248 Å². The Morgan fingerprint density at radius 1 is 0.762 bits per heavy atom. The molecule has 0 saturated heterocycles. The molecule has 2 aromatic carbocycles. The highest BCUT2D eigenvalue weighted by Gasteiger charge is 2.30. The van der Waals surface area contributed by atoms with Gasteiger partial charge in [0.25, 0.3) is 0 Å². The lowest BCUT2D eigenvalue weighted by atomic mass is 10.0. The monoisotopic (exact) mass is 603 g/mol. The molecule has 0 saturated carbocycles. The van der Waals surface area contributed by atoms with Crippen LogP contribution >= 0.6 is 12.6 Å². The minimum absolute atomic E-state index is 0.00278. The average Bonchev–Trinajstić information content (AvgIpc) is 2.94. The van der Waals surface area contributed by atoms with E-state index in [-0.39, 0.29) is 49.0 Å². The van der Waals surface area contributed by atoms with Crippen LogP contribution in [0.5, 0.6) is 11.5 Å². The molecule has 0 spiro atoms. The first-order valence-corrected chi connectivity index (χ1v) is 13.6. The molecular weight excluding hydrogens is 566 g/mol. The van der Waals surface area contributed by atoms with E-state index in [1.807, 2.05) is 0 Å². The van der Waals surface area contributed by atoms with Gasteiger partial charge in [0.1, 0.15) is 29.6 Å². The Morgan fingerprint density at radius 3 is 1.74 bits per heavy atom. The van der Waals surface area contributed by atoms with E-state index in [9.17, 15) is 34.5 Å². The van der Waals surface area contributed by atoms with Gasteiger partial charge in [-0.05, 0) is 54.7 Å². The van der Waals surface area contributed by atoms with Crippen molar-refractivity contribution in [2.75, 3.05) is 12.3 Å². The zero-order valence-corrected chi connectivity index (χ0v) is 23.7. The summed E-state index contributed by atoms with van der Waals surface area (Å²) in [6.07, 6.45) is 0.452. The number of nitrogens with zero attached hydrogens (tertiary/aromatic N) is 1. The number of aliphatic imine (C=N–C) groups is 1. The Kier molecular flexibility index (Phi) is 13.4. The second-order valence-electron chi connectivity index (χ2n) is 9.50. The maximum absolute atomic E-state index is 13.4. The minimum Gasteiger partial charge on any atom is -0.508 e. The molecule has 2 aromatic rings. The van der Waals surface area contributed by atoms with Crippen molar-refractivity contribution in [1.29, 1.82) is 0 Å². The number of phenols is 2. The number of phenolic OH excluding ortho intramolecular Hbond substituents is 2. The summed E-state index contributed by atoms with van der Waals surface area (Å²) in [7, 11) is 0. The van der Waals surface area contributed by atoms with Crippen molar-refractivity contribution in [3.8, 4) is 11.5 Å². The summed E-state index contributed by atoms with van der Waals surface area (Å²) in [6.45, 7) is 0.168. The third-order valence-electron chi connectivity index (χ3n) is 6.11. The van der Waals surface area contributed by atoms with Crippen molar-refractivity contribution in [1.82, 2.24) is 16.0 Å². The van der Waals surface area contributed by atoms with Gasteiger partial charge in [-0.1, -0.05) is 24.3 Å². The zero-order chi connectivity index (χ0) is 31.2. The number of thiol groups is 1. The number of rotatable bonds is 16. The smallest absolute Gasteiger partial charge is 0.327 e. The van der Waals surface area contributed by atoms with Crippen molar-refractivity contribution in [3.63, 3.8) is 0 Å². The molecule has 0 aliphatic heterocycles. The van der Waals surface area contributed by atoms with Crippen LogP contribution in [0.25, 0.3) is 0 Å². The predicted octanol–water partition coefficient (Wildman–Crippen LogP) is -1.27. The molecule has 0 bridgehead atoms. The van der Waals surface area contributed by atoms with Crippen LogP contribution < -0.4 is 33.2 Å². The lowest BCUT2D eigenvalue weighted by Gasteiger charge is -2.25. The lowest BCUT2D eigenvalue weighted by molar-refractivity contribution is -0.141. The van der Waals surface area contributed by atoms with Gasteiger partial charge in [0.05, 0.1) is 6.04 Å². The number of carboxylic acid groups (broad SMARTS) is 1. The molecule has 42 heavy (non-hydrogen) atoms. The largest absolute Gasteiger partial charge is 0.508 e. The number of guanidine groups is 1. The summed E-state index contributed by atoms with van der Waals surface area (Å²) >= 11 is 3.96. The fraction of sp³-hybridized carbons (Fsp3) is 0.370. The third kappa shape index (κ3) is 11.5. The van der Waals surface area contributed by atoms with E-state index in [0.29, 0.717) is 17.5 Å². The molecule has 4 atom stereocenters. The number of carbonyl (C=O) groups is 4. The second kappa shape index (κ2) is 16.7. The van der Waals surface area contributed by atoms with E-state index in [1.165, 1.54) is 24.3 Å². The molecule has 3 amide bonds. The van der Waals surface area contributed by atoms with E-state index in [4.69, 9.17) is 17.2 Å². The summed E-state index contributed by atoms with van der Waals surface area (Å²) in [5.74, 6) is -3.72. The number of nitrogens with two attached hydrogens (primary N) is 3. The number of hydrogen-bond donors (Lipinski definition) is 10. The number of benzene rings is 2. The van der Waals surface area contributed by atoms with Crippen LogP contribution in [0.15, 0.2) is 53.5 Å². The molecule has 14 nitrogen and oxygen atoms in total. The van der Waals surface area contributed by atoms with Gasteiger partial charge in [-0.25, -0.2) is 4.79 Å². The van der Waals surface area contributed by atoms with Gasteiger partial charge >= 0.3 is 5.97 Å². The normalized spacial score (nSPS) is 13.6. The highest BCUT2D eigenvalue weighted by atomic mass is 32.1. The molecule has 12 N–H and O–H groups in total. The van der Waals surface area contributed by atoms with Gasteiger partial charge in [0, 0.05) is 18.7 Å². The minimum atomic E-state index is -1.31. The van der Waals surface area contributed by atoms with Gasteiger partial charge < -0.3 is 48.5 Å². The molecule has 0 aliphatic rings. The van der Waals surface area contributed by atoms with Crippen LogP contribution in [0.2, 0.25) is 0 Å². The van der Waals surface area contributed by atoms with Crippen LogP contribution in [0.3, 0.4) is 0 Å². The second-order valence-corrected chi connectivity index (χ2v) is 9.87. The third-order valence-corrected chi connectivity index (χ3v) is 6.48. The topological polar surface area (TPSA) is 255 Å². The summed E-state index contributed by atoms with van der Waals surface area (Å²) in [4.78, 5) is 54.8. The Bertz CT molecular complexity index is 1240. The molecule has 0 heterocycles. The molecule has 0 aliphatic carbocycles. The first-order chi connectivity index (χ1) is 19.9. The van der Waals surface area contributed by atoms with Crippen LogP contribution in [0, 0.1) is 0 Å². The van der Waals surface area contributed by atoms with Gasteiger partial charge in [0.15, 0.2) is 5.96 Å². The van der Waals surface area contributed by atoms with Crippen LogP contribution in [-0.2, 0) is 32.0 Å². The van der Waals surface area contributed by atoms with Gasteiger partial charge in [-0.15, -0.1) is 0 Å². The summed E-state index contributed by atoms with van der Waals surface area (Å²) in [5.41, 5.74) is 18.1. The predicted molar refractivity (Wildman–Crippen MR) is 159 cm³/mol. The quantitative estimate of drug-likeness (QED) is 0.0471. The maximum atomic E-state index is 13.4. The highest BCUT2D eigenvalue weighted by Crippen LogP contribution is 2.13. The van der Waals surface area contributed by atoms with Crippen molar-refractivity contribution in [3.05, 3.63) is 59.7 Å². The Morgan fingerprint density at radius 2 is 1.24 bits per heavy atom. The van der Waals surface area contributed by atoms with E-state index in [0.717, 1.165) is 0 Å². The molecule has 2 rings (SSSR count). The molecule has 0 aromatic heterocycles. The number of hydrogen-bond acceptors (Lipinski definition) is 9. The fourth-order valence-corrected chi connectivity index (χ4v) is 4.08. The van der Waals surface area contributed by atoms with Crippen LogP contribution in [-0.4, -0.2) is 81.4 Å². The van der Waals surface area contributed by atoms with E-state index in [2.05, 4.69) is 33.6 Å². The first-order valence-electron chi connectivity index (χ1n) is 13.0. The van der Waals surface area contributed by atoms with Crippen molar-refractivity contribution >= 4 is 42.3 Å². The number of carboxylic acids is 1. The van der Waals surface area contributed by atoms with E-state index >= 15 is 0 Å². The Balaban J connectivity index is 2.23. The van der Waals surface area contributed by atoms with Crippen molar-refractivity contribution < 1.29 is 34.5 Å². The van der Waals surface area contributed by atoms with E-state index < -0.39 is 47.9 Å². The number of aromatic hydroxyl groups is 2. The fourth-order valence-electron chi connectivity index (χ4n) is 3.84. The van der Waals surface area contributed by atoms with Crippen LogP contribution in [0.1, 0.15) is 24.0 Å². The van der Waals surface area contributed by atoms with Gasteiger partial charge in [0.2, 0.25) is 17.7 Å². The molecule has 228 valence electrons. The van der Waals surface area contributed by atoms with Crippen molar-refractivity contribution in [2.45, 2.75) is 49.9 Å². The van der Waals surface area contributed by atoms with E-state index in [1.54, 1.807) is 24.3 Å². The number of nitrogens with one attached hydrogen (secondary N) is 3. The number of aliphatic carboxylic acids is 1. The Hall–Kier alpha value is -4.50. The van der Waals surface area contributed by atoms with Crippen molar-refractivity contribution in [2.24, 2.45) is 22.2 Å². The van der Waals surface area contributed by atoms with Gasteiger partial charge in [-0.2, -0.15) is 12.6 Å². The molecule has 4 unspecified atom stereocenters. The van der Waals surface area contributed by atoms with Crippen LogP contribution in [0.4, 0.5) is 0 Å². The zero-order valence-electron chi connectivity index (χ0n) is 22.8.